The molecular weight excluding hydrogens is 368 g/mol. The molecule has 1 atom stereocenters. The molecule has 154 valence electrons. The Balaban J connectivity index is 2.21. The molecule has 2 aromatic rings. The predicted molar refractivity (Wildman–Crippen MR) is 112 cm³/mol. The fourth-order valence-corrected chi connectivity index (χ4v) is 2.91. The summed E-state index contributed by atoms with van der Waals surface area (Å²) in [5.41, 5.74) is 1.66. The molecule has 0 heterocycles. The van der Waals surface area contributed by atoms with E-state index < -0.39 is 12.0 Å². The third-order valence-electron chi connectivity index (χ3n) is 4.39. The van der Waals surface area contributed by atoms with E-state index in [2.05, 4.69) is 12.2 Å². The van der Waals surface area contributed by atoms with Gasteiger partial charge in [0.25, 0.3) is 0 Å². The number of aliphatic carboxylic acids is 1. The highest BCUT2D eigenvalue weighted by molar-refractivity contribution is 5.79. The number of benzene rings is 2. The molecule has 6 heteroatoms. The second-order valence-corrected chi connectivity index (χ2v) is 6.68. The van der Waals surface area contributed by atoms with Gasteiger partial charge in [0.15, 0.2) is 6.04 Å². The van der Waals surface area contributed by atoms with Crippen LogP contribution in [0.15, 0.2) is 42.5 Å². The number of unbranched alkanes of at least 4 members (excludes halogenated alkanes) is 3. The fraction of sp³-hybridized carbons (Fsp3) is 0.391. The molecule has 0 aromatic heterocycles. The molecule has 0 aliphatic carbocycles. The van der Waals surface area contributed by atoms with Crippen molar-refractivity contribution in [3.8, 4) is 17.6 Å². The van der Waals surface area contributed by atoms with Crippen LogP contribution in [0.5, 0.6) is 11.5 Å². The van der Waals surface area contributed by atoms with E-state index in [1.807, 2.05) is 13.0 Å². The first-order valence-corrected chi connectivity index (χ1v) is 9.97. The van der Waals surface area contributed by atoms with Crippen molar-refractivity contribution < 1.29 is 19.4 Å². The van der Waals surface area contributed by atoms with Gasteiger partial charge in [-0.15, -0.1) is 0 Å². The van der Waals surface area contributed by atoms with Crippen LogP contribution in [0.3, 0.4) is 0 Å². The Hall–Kier alpha value is -3.20. The van der Waals surface area contributed by atoms with Gasteiger partial charge in [0.2, 0.25) is 0 Å². The van der Waals surface area contributed by atoms with E-state index in [4.69, 9.17) is 14.7 Å². The lowest BCUT2D eigenvalue weighted by Gasteiger charge is -2.19. The van der Waals surface area contributed by atoms with Crippen molar-refractivity contribution in [1.29, 1.82) is 5.26 Å². The first-order valence-electron chi connectivity index (χ1n) is 9.97. The largest absolute Gasteiger partial charge is 0.494 e. The normalized spacial score (nSPS) is 11.3. The summed E-state index contributed by atoms with van der Waals surface area (Å²) in [6.45, 7) is 5.09. The van der Waals surface area contributed by atoms with Gasteiger partial charge in [-0.05, 0) is 55.3 Å². The number of carbonyl (C=O) groups is 1. The molecule has 0 saturated carbocycles. The van der Waals surface area contributed by atoms with Crippen molar-refractivity contribution in [2.24, 2.45) is 0 Å². The smallest absolute Gasteiger partial charge is 0.330 e. The van der Waals surface area contributed by atoms with Gasteiger partial charge in [-0.1, -0.05) is 26.2 Å². The lowest BCUT2D eigenvalue weighted by Crippen LogP contribution is -2.20. The molecule has 1 unspecified atom stereocenters. The Morgan fingerprint density at radius 3 is 2.34 bits per heavy atom. The Kier molecular flexibility index (Phi) is 8.84. The molecule has 29 heavy (non-hydrogen) atoms. The number of carboxylic acids is 1. The number of nitrogens with zero attached hydrogens (tertiary/aromatic N) is 1. The SMILES string of the molecule is CCCCCCOc1cc(OCC)cc(C(Nc2ccc(C#N)cc2)C(=O)O)c1. The highest BCUT2D eigenvalue weighted by Gasteiger charge is 2.21. The zero-order chi connectivity index (χ0) is 21.1. The average molecular weight is 396 g/mol. The van der Waals surface area contributed by atoms with Crippen LogP contribution >= 0.6 is 0 Å². The maximum atomic E-state index is 11.9. The molecule has 2 rings (SSSR count). The summed E-state index contributed by atoms with van der Waals surface area (Å²) >= 11 is 0. The molecule has 6 nitrogen and oxygen atoms in total. The van der Waals surface area contributed by atoms with E-state index in [1.165, 1.54) is 6.42 Å². The lowest BCUT2D eigenvalue weighted by atomic mass is 10.1. The monoisotopic (exact) mass is 396 g/mol. The quantitative estimate of drug-likeness (QED) is 0.482. The number of nitrogens with one attached hydrogen (secondary N) is 1. The number of carboxylic acid groups (broad SMARTS) is 1. The van der Waals surface area contributed by atoms with Crippen LogP contribution in [0, 0.1) is 11.3 Å². The maximum Gasteiger partial charge on any atom is 0.330 e. The second-order valence-electron chi connectivity index (χ2n) is 6.68. The van der Waals surface area contributed by atoms with E-state index in [9.17, 15) is 9.90 Å². The Bertz CT molecular complexity index is 828. The third kappa shape index (κ3) is 7.04. The van der Waals surface area contributed by atoms with Crippen LogP contribution in [-0.4, -0.2) is 24.3 Å². The molecule has 0 bridgehead atoms. The third-order valence-corrected chi connectivity index (χ3v) is 4.39. The number of hydrogen-bond donors (Lipinski definition) is 2. The molecule has 0 fully saturated rings. The van der Waals surface area contributed by atoms with E-state index in [0.29, 0.717) is 41.5 Å². The Morgan fingerprint density at radius 2 is 1.76 bits per heavy atom. The van der Waals surface area contributed by atoms with Gasteiger partial charge in [-0.25, -0.2) is 4.79 Å². The Labute approximate surface area is 172 Å². The zero-order valence-electron chi connectivity index (χ0n) is 17.0. The molecule has 0 aliphatic rings. The highest BCUT2D eigenvalue weighted by Crippen LogP contribution is 2.29. The van der Waals surface area contributed by atoms with Crippen LogP contribution in [0.25, 0.3) is 0 Å². The number of hydrogen-bond acceptors (Lipinski definition) is 5. The second kappa shape index (κ2) is 11.6. The van der Waals surface area contributed by atoms with Crippen LogP contribution in [0.4, 0.5) is 5.69 Å². The molecule has 2 aromatic carbocycles. The minimum Gasteiger partial charge on any atom is -0.494 e. The summed E-state index contributed by atoms with van der Waals surface area (Å²) in [7, 11) is 0. The van der Waals surface area contributed by atoms with Gasteiger partial charge in [-0.3, -0.25) is 0 Å². The maximum absolute atomic E-state index is 11.9. The van der Waals surface area contributed by atoms with Crippen LogP contribution in [-0.2, 0) is 4.79 Å². The van der Waals surface area contributed by atoms with Crippen LogP contribution in [0.2, 0.25) is 0 Å². The van der Waals surface area contributed by atoms with Crippen molar-refractivity contribution in [3.63, 3.8) is 0 Å². The summed E-state index contributed by atoms with van der Waals surface area (Å²) in [5.74, 6) is 0.147. The van der Waals surface area contributed by atoms with Crippen molar-refractivity contribution in [2.75, 3.05) is 18.5 Å². The fourth-order valence-electron chi connectivity index (χ4n) is 2.91. The zero-order valence-corrected chi connectivity index (χ0v) is 17.0. The van der Waals surface area contributed by atoms with Crippen LogP contribution < -0.4 is 14.8 Å². The summed E-state index contributed by atoms with van der Waals surface area (Å²) < 4.78 is 11.5. The minimum atomic E-state index is -1.02. The predicted octanol–water partition coefficient (Wildman–Crippen LogP) is 5.15. The standard InChI is InChI=1S/C23H28N2O4/c1-3-5-6-7-12-29-21-14-18(13-20(15-21)28-4-2)22(23(26)27)25-19-10-8-17(16-24)9-11-19/h8-11,13-15,22,25H,3-7,12H2,1-2H3,(H,26,27). The molecule has 0 amide bonds. The number of nitriles is 1. The summed E-state index contributed by atoms with van der Waals surface area (Å²) in [6, 6.07) is 13.0. The molecule has 0 aliphatic heterocycles. The van der Waals surface area contributed by atoms with Gasteiger partial charge in [0, 0.05) is 11.8 Å². The van der Waals surface area contributed by atoms with Gasteiger partial charge in [0.05, 0.1) is 24.8 Å². The molecule has 2 N–H and O–H groups in total. The highest BCUT2D eigenvalue weighted by atomic mass is 16.5. The molecule has 0 spiro atoms. The van der Waals surface area contributed by atoms with E-state index in [1.54, 1.807) is 42.5 Å². The minimum absolute atomic E-state index is 0.472. The summed E-state index contributed by atoms with van der Waals surface area (Å²) in [5, 5.41) is 21.7. The summed E-state index contributed by atoms with van der Waals surface area (Å²) in [6.07, 6.45) is 4.38. The average Bonchev–Trinajstić information content (AvgIpc) is 2.72. The van der Waals surface area contributed by atoms with Gasteiger partial charge in [-0.2, -0.15) is 5.26 Å². The molecule has 0 saturated heterocycles. The van der Waals surface area contributed by atoms with E-state index >= 15 is 0 Å². The van der Waals surface area contributed by atoms with Crippen molar-refractivity contribution >= 4 is 11.7 Å². The van der Waals surface area contributed by atoms with Crippen LogP contribution in [0.1, 0.15) is 56.7 Å². The van der Waals surface area contributed by atoms with Crippen molar-refractivity contribution in [3.05, 3.63) is 53.6 Å². The van der Waals surface area contributed by atoms with E-state index in [-0.39, 0.29) is 0 Å². The van der Waals surface area contributed by atoms with E-state index in [0.717, 1.165) is 19.3 Å². The first-order chi connectivity index (χ1) is 14.1. The lowest BCUT2D eigenvalue weighted by molar-refractivity contribution is -0.138. The van der Waals surface area contributed by atoms with Crippen molar-refractivity contribution in [2.45, 2.75) is 45.6 Å². The number of rotatable bonds is 12. The van der Waals surface area contributed by atoms with Gasteiger partial charge < -0.3 is 19.9 Å². The Morgan fingerprint density at radius 1 is 1.07 bits per heavy atom. The summed E-state index contributed by atoms with van der Waals surface area (Å²) in [4.78, 5) is 11.9. The molecular formula is C23H28N2O4. The number of anilines is 1. The first kappa shape index (κ1) is 22.1. The molecule has 0 radical (unpaired) electrons. The van der Waals surface area contributed by atoms with Crippen molar-refractivity contribution in [1.82, 2.24) is 0 Å². The van der Waals surface area contributed by atoms with Gasteiger partial charge >= 0.3 is 5.97 Å². The van der Waals surface area contributed by atoms with Gasteiger partial charge in [0.1, 0.15) is 11.5 Å². The topological polar surface area (TPSA) is 91.6 Å². The number of ether oxygens (including phenoxy) is 2.